The lowest BCUT2D eigenvalue weighted by molar-refractivity contribution is -0.385. The maximum atomic E-state index is 11.0. The molecule has 0 aliphatic rings. The van der Waals surface area contributed by atoms with Crippen LogP contribution < -0.4 is 5.32 Å². The molecule has 0 saturated heterocycles. The third-order valence-electron chi connectivity index (χ3n) is 3.15. The molecule has 0 fully saturated rings. The Bertz CT molecular complexity index is 812. The zero-order valence-corrected chi connectivity index (χ0v) is 11.4. The smallest absolute Gasteiger partial charge is 0.274 e. The fraction of sp³-hybridized carbons (Fsp3) is 0.143. The predicted octanol–water partition coefficient (Wildman–Crippen LogP) is 2.56. The highest BCUT2D eigenvalue weighted by Gasteiger charge is 2.13. The van der Waals surface area contributed by atoms with Crippen molar-refractivity contribution >= 4 is 17.0 Å². The molecule has 2 heterocycles. The molecule has 3 rings (SSSR count). The van der Waals surface area contributed by atoms with Crippen LogP contribution in [0.15, 0.2) is 42.7 Å². The standard InChI is InChI=1S/C14H13N5O2/c1-10-8-13-14(15-6-7-18(13)17-10)16-9-11-4-2-3-5-12(11)19(20)21/h2-8H,9H2,1H3,(H,15,16). The van der Waals surface area contributed by atoms with Crippen molar-refractivity contribution in [3.63, 3.8) is 0 Å². The van der Waals surface area contributed by atoms with Gasteiger partial charge in [-0.05, 0) is 13.0 Å². The number of aryl methyl sites for hydroxylation is 1. The van der Waals surface area contributed by atoms with E-state index < -0.39 is 0 Å². The van der Waals surface area contributed by atoms with Crippen LogP contribution in [0.3, 0.4) is 0 Å². The summed E-state index contributed by atoms with van der Waals surface area (Å²) in [6, 6.07) is 8.57. The molecule has 106 valence electrons. The van der Waals surface area contributed by atoms with Gasteiger partial charge in [0.25, 0.3) is 5.69 Å². The first-order chi connectivity index (χ1) is 10.1. The van der Waals surface area contributed by atoms with E-state index in [2.05, 4.69) is 15.4 Å². The van der Waals surface area contributed by atoms with Gasteiger partial charge in [0.05, 0.1) is 10.6 Å². The number of hydrogen-bond donors (Lipinski definition) is 1. The number of hydrogen-bond acceptors (Lipinski definition) is 5. The number of fused-ring (bicyclic) bond motifs is 1. The SMILES string of the molecule is Cc1cc2c(NCc3ccccc3[N+](=O)[O-])nccn2n1. The molecule has 3 aromatic rings. The third-order valence-corrected chi connectivity index (χ3v) is 3.15. The Balaban J connectivity index is 1.89. The first-order valence-corrected chi connectivity index (χ1v) is 6.42. The van der Waals surface area contributed by atoms with Gasteiger partial charge in [-0.1, -0.05) is 18.2 Å². The molecule has 0 bridgehead atoms. The summed E-state index contributed by atoms with van der Waals surface area (Å²) in [5.74, 6) is 0.649. The average Bonchev–Trinajstić information content (AvgIpc) is 2.86. The second kappa shape index (κ2) is 5.20. The quantitative estimate of drug-likeness (QED) is 0.587. The summed E-state index contributed by atoms with van der Waals surface area (Å²) < 4.78 is 1.73. The fourth-order valence-electron chi connectivity index (χ4n) is 2.20. The molecule has 7 heteroatoms. The van der Waals surface area contributed by atoms with E-state index in [-0.39, 0.29) is 10.6 Å². The van der Waals surface area contributed by atoms with Gasteiger partial charge in [0.15, 0.2) is 5.82 Å². The first-order valence-electron chi connectivity index (χ1n) is 6.42. The van der Waals surface area contributed by atoms with Crippen molar-refractivity contribution in [2.45, 2.75) is 13.5 Å². The lowest BCUT2D eigenvalue weighted by Crippen LogP contribution is -2.05. The molecule has 0 radical (unpaired) electrons. The minimum Gasteiger partial charge on any atom is -0.364 e. The van der Waals surface area contributed by atoms with Crippen molar-refractivity contribution in [3.05, 3.63) is 64.1 Å². The lowest BCUT2D eigenvalue weighted by atomic mass is 10.2. The van der Waals surface area contributed by atoms with E-state index in [0.717, 1.165) is 11.2 Å². The number of rotatable bonds is 4. The Morgan fingerprint density at radius 2 is 2.19 bits per heavy atom. The Morgan fingerprint density at radius 3 is 3.00 bits per heavy atom. The van der Waals surface area contributed by atoms with Crippen LogP contribution in [0.1, 0.15) is 11.3 Å². The molecule has 7 nitrogen and oxygen atoms in total. The Hall–Kier alpha value is -2.96. The van der Waals surface area contributed by atoms with Gasteiger partial charge in [0, 0.05) is 30.6 Å². The third kappa shape index (κ3) is 2.53. The summed E-state index contributed by atoms with van der Waals surface area (Å²) in [5, 5.41) is 18.4. The number of nitro benzene ring substituents is 1. The van der Waals surface area contributed by atoms with Gasteiger partial charge in [-0.15, -0.1) is 0 Å². The summed E-state index contributed by atoms with van der Waals surface area (Å²) >= 11 is 0. The molecule has 1 N–H and O–H groups in total. The van der Waals surface area contributed by atoms with E-state index >= 15 is 0 Å². The van der Waals surface area contributed by atoms with E-state index in [4.69, 9.17) is 0 Å². The Kier molecular flexibility index (Phi) is 3.23. The highest BCUT2D eigenvalue weighted by atomic mass is 16.6. The molecule has 0 saturated carbocycles. The van der Waals surface area contributed by atoms with Crippen LogP contribution in [0.5, 0.6) is 0 Å². The van der Waals surface area contributed by atoms with Crippen molar-refractivity contribution in [2.75, 3.05) is 5.32 Å². The number of nitrogens with zero attached hydrogens (tertiary/aromatic N) is 4. The van der Waals surface area contributed by atoms with Gasteiger partial charge in [0.2, 0.25) is 0 Å². The van der Waals surface area contributed by atoms with Crippen LogP contribution in [-0.2, 0) is 6.54 Å². The predicted molar refractivity (Wildman–Crippen MR) is 78.1 cm³/mol. The van der Waals surface area contributed by atoms with Crippen LogP contribution in [-0.4, -0.2) is 19.5 Å². The Morgan fingerprint density at radius 1 is 1.38 bits per heavy atom. The second-order valence-electron chi connectivity index (χ2n) is 4.63. The zero-order valence-electron chi connectivity index (χ0n) is 11.4. The minimum absolute atomic E-state index is 0.0987. The van der Waals surface area contributed by atoms with Gasteiger partial charge >= 0.3 is 0 Å². The number of aromatic nitrogens is 3. The molecule has 2 aromatic heterocycles. The largest absolute Gasteiger partial charge is 0.364 e. The molecule has 0 aliphatic heterocycles. The van der Waals surface area contributed by atoms with E-state index in [1.165, 1.54) is 6.07 Å². The van der Waals surface area contributed by atoms with Crippen LogP contribution in [0.4, 0.5) is 11.5 Å². The van der Waals surface area contributed by atoms with Crippen molar-refractivity contribution < 1.29 is 4.92 Å². The number of nitrogens with one attached hydrogen (secondary N) is 1. The fourth-order valence-corrected chi connectivity index (χ4v) is 2.20. The van der Waals surface area contributed by atoms with Gasteiger partial charge in [-0.25, -0.2) is 9.50 Å². The number of nitro groups is 1. The van der Waals surface area contributed by atoms with Crippen molar-refractivity contribution in [1.29, 1.82) is 0 Å². The highest BCUT2D eigenvalue weighted by Crippen LogP contribution is 2.20. The molecule has 0 aliphatic carbocycles. The Labute approximate surface area is 120 Å². The molecule has 21 heavy (non-hydrogen) atoms. The molecule has 0 spiro atoms. The first kappa shape index (κ1) is 13.0. The van der Waals surface area contributed by atoms with Crippen molar-refractivity contribution in [2.24, 2.45) is 0 Å². The van der Waals surface area contributed by atoms with E-state index in [0.29, 0.717) is 17.9 Å². The normalized spacial score (nSPS) is 10.7. The van der Waals surface area contributed by atoms with Gasteiger partial charge in [0.1, 0.15) is 5.52 Å². The van der Waals surface area contributed by atoms with Crippen LogP contribution >= 0.6 is 0 Å². The molecule has 0 amide bonds. The molecular formula is C14H13N5O2. The highest BCUT2D eigenvalue weighted by molar-refractivity contribution is 5.67. The van der Waals surface area contributed by atoms with Crippen molar-refractivity contribution in [3.8, 4) is 0 Å². The molecule has 1 aromatic carbocycles. The van der Waals surface area contributed by atoms with Gasteiger partial charge < -0.3 is 5.32 Å². The lowest BCUT2D eigenvalue weighted by Gasteiger charge is -2.07. The van der Waals surface area contributed by atoms with E-state index in [1.807, 2.05) is 13.0 Å². The summed E-state index contributed by atoms with van der Waals surface area (Å²) in [5.41, 5.74) is 2.44. The zero-order chi connectivity index (χ0) is 14.8. The summed E-state index contributed by atoms with van der Waals surface area (Å²) in [7, 11) is 0. The summed E-state index contributed by atoms with van der Waals surface area (Å²) in [6.45, 7) is 2.23. The van der Waals surface area contributed by atoms with Gasteiger partial charge in [-0.2, -0.15) is 5.10 Å². The monoisotopic (exact) mass is 283 g/mol. The van der Waals surface area contributed by atoms with E-state index in [1.54, 1.807) is 35.1 Å². The minimum atomic E-state index is -0.381. The molecule has 0 unspecified atom stereocenters. The maximum Gasteiger partial charge on any atom is 0.274 e. The van der Waals surface area contributed by atoms with Crippen LogP contribution in [0, 0.1) is 17.0 Å². The van der Waals surface area contributed by atoms with Crippen LogP contribution in [0.2, 0.25) is 0 Å². The topological polar surface area (TPSA) is 85.4 Å². The van der Waals surface area contributed by atoms with E-state index in [9.17, 15) is 10.1 Å². The molecule has 0 atom stereocenters. The number of anilines is 1. The maximum absolute atomic E-state index is 11.0. The molecular weight excluding hydrogens is 270 g/mol. The number of benzene rings is 1. The second-order valence-corrected chi connectivity index (χ2v) is 4.63. The van der Waals surface area contributed by atoms with Crippen LogP contribution in [0.25, 0.3) is 5.52 Å². The van der Waals surface area contributed by atoms with Gasteiger partial charge in [-0.3, -0.25) is 10.1 Å². The van der Waals surface area contributed by atoms with Crippen molar-refractivity contribution in [1.82, 2.24) is 14.6 Å². The summed E-state index contributed by atoms with van der Waals surface area (Å²) in [4.78, 5) is 14.9. The average molecular weight is 283 g/mol. The summed E-state index contributed by atoms with van der Waals surface area (Å²) in [6.07, 6.45) is 3.40. The number of para-hydroxylation sites is 1.